The third kappa shape index (κ3) is 8.31. The van der Waals surface area contributed by atoms with Crippen LogP contribution in [0.2, 0.25) is 0 Å². The summed E-state index contributed by atoms with van der Waals surface area (Å²) in [5.74, 6) is 0.332. The molecule has 0 saturated heterocycles. The van der Waals surface area contributed by atoms with E-state index in [4.69, 9.17) is 10.00 Å². The van der Waals surface area contributed by atoms with E-state index in [1.807, 2.05) is 5.40 Å². The lowest BCUT2D eigenvalue weighted by Crippen LogP contribution is -2.15. The van der Waals surface area contributed by atoms with Crippen LogP contribution in [-0.2, 0) is 9.53 Å². The highest BCUT2D eigenvalue weighted by Gasteiger charge is 2.09. The Balaban J connectivity index is 3.61. The molecule has 0 aliphatic carbocycles. The second-order valence-electron chi connectivity index (χ2n) is 3.48. The molecule has 4 heteroatoms. The van der Waals surface area contributed by atoms with Crippen LogP contribution in [0.15, 0.2) is 0 Å². The van der Waals surface area contributed by atoms with Crippen LogP contribution in [0.3, 0.4) is 0 Å². The average molecular weight is 229 g/mol. The van der Waals surface area contributed by atoms with Gasteiger partial charge in [0.15, 0.2) is 0 Å². The summed E-state index contributed by atoms with van der Waals surface area (Å²) in [6, 6.07) is 0. The molecule has 15 heavy (non-hydrogen) atoms. The smallest absolute Gasteiger partial charge is 0.316 e. The maximum atomic E-state index is 11.1. The summed E-state index contributed by atoms with van der Waals surface area (Å²) in [5.41, 5.74) is 0. The fourth-order valence-electron chi connectivity index (χ4n) is 1.24. The van der Waals surface area contributed by atoms with Crippen molar-refractivity contribution in [3.8, 4) is 5.40 Å². The molecule has 0 radical (unpaired) electrons. The molecular formula is C11H19NO2S. The summed E-state index contributed by atoms with van der Waals surface area (Å²) < 4.78 is 5.08. The van der Waals surface area contributed by atoms with E-state index < -0.39 is 0 Å². The number of unbranched alkanes of at least 4 members (excludes halogenated alkanes) is 1. The number of esters is 1. The molecule has 0 N–H and O–H groups in total. The van der Waals surface area contributed by atoms with Crippen LogP contribution in [0.4, 0.5) is 0 Å². The van der Waals surface area contributed by atoms with Crippen molar-refractivity contribution in [3.63, 3.8) is 0 Å². The average Bonchev–Trinajstić information content (AvgIpc) is 2.26. The van der Waals surface area contributed by atoms with Gasteiger partial charge in [0.2, 0.25) is 0 Å². The molecule has 86 valence electrons. The molecule has 0 rings (SSSR count). The minimum Gasteiger partial charge on any atom is -0.465 e. The number of thiocyanates is 1. The van der Waals surface area contributed by atoms with Gasteiger partial charge in [-0.25, -0.2) is 0 Å². The van der Waals surface area contributed by atoms with E-state index in [2.05, 4.69) is 13.8 Å². The second-order valence-corrected chi connectivity index (χ2v) is 4.24. The number of thioether (sulfide) groups is 1. The van der Waals surface area contributed by atoms with E-state index in [0.717, 1.165) is 24.6 Å². The Bertz CT molecular complexity index is 213. The number of hydrogen-bond acceptors (Lipinski definition) is 4. The van der Waals surface area contributed by atoms with Gasteiger partial charge < -0.3 is 4.74 Å². The Morgan fingerprint density at radius 2 is 2.27 bits per heavy atom. The monoisotopic (exact) mass is 229 g/mol. The van der Waals surface area contributed by atoms with Gasteiger partial charge in [0, 0.05) is 0 Å². The standard InChI is InChI=1S/C11H19NO2S/c1-3-5-6-10(4-2)7-14-11(13)8-15-9-12/h10H,3-8H2,1-2H3. The second kappa shape index (κ2) is 9.85. The van der Waals surface area contributed by atoms with Crippen molar-refractivity contribution < 1.29 is 9.53 Å². The van der Waals surface area contributed by atoms with E-state index in [1.165, 1.54) is 12.8 Å². The highest BCUT2D eigenvalue weighted by Crippen LogP contribution is 2.13. The predicted molar refractivity (Wildman–Crippen MR) is 62.3 cm³/mol. The molecule has 1 atom stereocenters. The highest BCUT2D eigenvalue weighted by molar-refractivity contribution is 8.04. The third-order valence-corrected chi connectivity index (χ3v) is 2.79. The number of carbonyl (C=O) groups is 1. The van der Waals surface area contributed by atoms with E-state index in [0.29, 0.717) is 12.5 Å². The first kappa shape index (κ1) is 14.3. The zero-order chi connectivity index (χ0) is 11.5. The van der Waals surface area contributed by atoms with E-state index in [-0.39, 0.29) is 11.7 Å². The maximum absolute atomic E-state index is 11.1. The predicted octanol–water partition coefficient (Wildman–Crippen LogP) is 2.96. The summed E-state index contributed by atoms with van der Waals surface area (Å²) >= 11 is 0.924. The van der Waals surface area contributed by atoms with Gasteiger partial charge in [-0.2, -0.15) is 5.26 Å². The first-order chi connectivity index (χ1) is 7.24. The molecule has 0 aliphatic heterocycles. The number of carbonyl (C=O) groups excluding carboxylic acids is 1. The summed E-state index contributed by atoms with van der Waals surface area (Å²) in [6.07, 6.45) is 4.52. The van der Waals surface area contributed by atoms with Crippen molar-refractivity contribution in [2.45, 2.75) is 39.5 Å². The topological polar surface area (TPSA) is 50.1 Å². The zero-order valence-corrected chi connectivity index (χ0v) is 10.3. The Morgan fingerprint density at radius 1 is 1.53 bits per heavy atom. The molecule has 0 aromatic carbocycles. The Kier molecular flexibility index (Phi) is 9.40. The Hall–Kier alpha value is -0.690. The first-order valence-corrected chi connectivity index (χ1v) is 6.39. The number of hydrogen-bond donors (Lipinski definition) is 0. The largest absolute Gasteiger partial charge is 0.465 e. The molecule has 0 spiro atoms. The molecule has 0 heterocycles. The van der Waals surface area contributed by atoms with Crippen LogP contribution in [-0.4, -0.2) is 18.3 Å². The zero-order valence-electron chi connectivity index (χ0n) is 9.49. The van der Waals surface area contributed by atoms with Crippen LogP contribution >= 0.6 is 11.8 Å². The van der Waals surface area contributed by atoms with Crippen LogP contribution in [0.5, 0.6) is 0 Å². The van der Waals surface area contributed by atoms with Gasteiger partial charge in [-0.15, -0.1) is 0 Å². The summed E-state index contributed by atoms with van der Waals surface area (Å²) in [6.45, 7) is 4.77. The normalized spacial score (nSPS) is 11.8. The number of rotatable bonds is 8. The lowest BCUT2D eigenvalue weighted by Gasteiger charge is -2.13. The third-order valence-electron chi connectivity index (χ3n) is 2.28. The van der Waals surface area contributed by atoms with Crippen LogP contribution < -0.4 is 0 Å². The Labute approximate surface area is 96.2 Å². The van der Waals surface area contributed by atoms with E-state index in [1.54, 1.807) is 0 Å². The fourth-order valence-corrected chi connectivity index (χ4v) is 1.51. The molecule has 0 amide bonds. The van der Waals surface area contributed by atoms with Crippen molar-refractivity contribution in [3.05, 3.63) is 0 Å². The Morgan fingerprint density at radius 3 is 2.80 bits per heavy atom. The van der Waals surface area contributed by atoms with Gasteiger partial charge in [-0.1, -0.05) is 33.1 Å². The molecule has 0 aromatic heterocycles. The molecule has 0 aliphatic rings. The molecule has 1 unspecified atom stereocenters. The first-order valence-electron chi connectivity index (χ1n) is 5.41. The van der Waals surface area contributed by atoms with Crippen LogP contribution in [0.1, 0.15) is 39.5 Å². The van der Waals surface area contributed by atoms with Crippen molar-refractivity contribution in [1.29, 1.82) is 5.26 Å². The molecule has 0 aromatic rings. The van der Waals surface area contributed by atoms with Gasteiger partial charge in [-0.3, -0.25) is 4.79 Å². The fraction of sp³-hybridized carbons (Fsp3) is 0.818. The molecule has 0 saturated carbocycles. The molecule has 0 bridgehead atoms. The minimum atomic E-state index is -0.281. The maximum Gasteiger partial charge on any atom is 0.316 e. The summed E-state index contributed by atoms with van der Waals surface area (Å²) in [7, 11) is 0. The number of ether oxygens (including phenoxy) is 1. The van der Waals surface area contributed by atoms with Crippen molar-refractivity contribution in [2.75, 3.05) is 12.4 Å². The molecular weight excluding hydrogens is 210 g/mol. The number of nitriles is 1. The van der Waals surface area contributed by atoms with Gasteiger partial charge in [0.1, 0.15) is 11.2 Å². The molecule has 3 nitrogen and oxygen atoms in total. The van der Waals surface area contributed by atoms with Crippen LogP contribution in [0.25, 0.3) is 0 Å². The van der Waals surface area contributed by atoms with E-state index >= 15 is 0 Å². The van der Waals surface area contributed by atoms with Gasteiger partial charge in [0.25, 0.3) is 0 Å². The summed E-state index contributed by atoms with van der Waals surface area (Å²) in [4.78, 5) is 11.1. The highest BCUT2D eigenvalue weighted by atomic mass is 32.2. The minimum absolute atomic E-state index is 0.140. The van der Waals surface area contributed by atoms with Gasteiger partial charge >= 0.3 is 5.97 Å². The van der Waals surface area contributed by atoms with Crippen molar-refractivity contribution in [2.24, 2.45) is 5.92 Å². The quantitative estimate of drug-likeness (QED) is 0.474. The van der Waals surface area contributed by atoms with Gasteiger partial charge in [0.05, 0.1) is 6.61 Å². The van der Waals surface area contributed by atoms with E-state index in [9.17, 15) is 4.79 Å². The van der Waals surface area contributed by atoms with Crippen molar-refractivity contribution >= 4 is 17.7 Å². The SMILES string of the molecule is CCCCC(CC)COC(=O)CSC#N. The molecule has 0 fully saturated rings. The lowest BCUT2D eigenvalue weighted by molar-refractivity contribution is -0.141. The summed E-state index contributed by atoms with van der Waals surface area (Å²) in [5, 5.41) is 10.1. The van der Waals surface area contributed by atoms with Crippen molar-refractivity contribution in [1.82, 2.24) is 0 Å². The van der Waals surface area contributed by atoms with Crippen LogP contribution in [0, 0.1) is 16.6 Å². The number of nitrogens with zero attached hydrogens (tertiary/aromatic N) is 1. The van der Waals surface area contributed by atoms with Gasteiger partial charge in [-0.05, 0) is 24.1 Å². The lowest BCUT2D eigenvalue weighted by atomic mass is 10.0.